The average molecular weight is 430 g/mol. The number of hydrogen-bond acceptors (Lipinski definition) is 2. The first-order valence-electron chi connectivity index (χ1n) is 4.29. The van der Waals surface area contributed by atoms with Gasteiger partial charge in [0.05, 0.1) is 5.69 Å². The fourth-order valence-corrected chi connectivity index (χ4v) is 1.91. The molecule has 6 heteroatoms. The molecule has 82 valence electrons. The minimum absolute atomic E-state index is 0. The third-order valence-electron chi connectivity index (χ3n) is 2.03. The van der Waals surface area contributed by atoms with Crippen molar-refractivity contribution in [2.45, 2.75) is 0 Å². The van der Waals surface area contributed by atoms with Gasteiger partial charge in [-0.25, -0.2) is 0 Å². The van der Waals surface area contributed by atoms with Crippen LogP contribution in [0, 0.1) is 0 Å². The van der Waals surface area contributed by atoms with Crippen molar-refractivity contribution in [2.24, 2.45) is 0 Å². The van der Waals surface area contributed by atoms with Crippen LogP contribution in [0.2, 0.25) is 0 Å². The van der Waals surface area contributed by atoms with Crippen LogP contribution in [0.4, 0.5) is 5.69 Å². The molecule has 0 bridgehead atoms. The molecule has 0 saturated heterocycles. The van der Waals surface area contributed by atoms with Crippen molar-refractivity contribution in [3.8, 4) is 0 Å². The summed E-state index contributed by atoms with van der Waals surface area (Å²) >= 11 is 0. The van der Waals surface area contributed by atoms with Gasteiger partial charge in [-0.15, -0.1) is 0 Å². The summed E-state index contributed by atoms with van der Waals surface area (Å²) in [5.41, 5.74) is 0.371. The van der Waals surface area contributed by atoms with E-state index in [1.807, 2.05) is 18.2 Å². The van der Waals surface area contributed by atoms with E-state index < -0.39 is 10.3 Å². The van der Waals surface area contributed by atoms with Gasteiger partial charge in [0.25, 0.3) is 0 Å². The summed E-state index contributed by atoms with van der Waals surface area (Å²) in [4.78, 5) is 0. The number of anilines is 1. The quantitative estimate of drug-likeness (QED) is 0.563. The summed E-state index contributed by atoms with van der Waals surface area (Å²) in [6.07, 6.45) is 0. The molecule has 2 aromatic rings. The molecule has 2 aromatic carbocycles. The van der Waals surface area contributed by atoms with E-state index in [9.17, 15) is 8.42 Å². The molecule has 0 heterocycles. The van der Waals surface area contributed by atoms with Crippen molar-refractivity contribution in [3.63, 3.8) is 0 Å². The smallest absolute Gasteiger partial charge is 0.269 e. The van der Waals surface area contributed by atoms with Crippen molar-refractivity contribution in [2.75, 3.05) is 4.72 Å². The first kappa shape index (κ1) is 13.4. The van der Waals surface area contributed by atoms with E-state index in [1.165, 1.54) is 0 Å². The molecular formula is C10H9NO3PbS. The van der Waals surface area contributed by atoms with E-state index in [0.29, 0.717) is 5.69 Å². The second-order valence-electron chi connectivity index (χ2n) is 3.10. The summed E-state index contributed by atoms with van der Waals surface area (Å²) in [6, 6.07) is 12.5. The fraction of sp³-hybridized carbons (Fsp3) is 0. The van der Waals surface area contributed by atoms with Crippen LogP contribution < -0.4 is 4.72 Å². The molecule has 0 atom stereocenters. The van der Waals surface area contributed by atoms with E-state index in [2.05, 4.69) is 4.72 Å². The number of rotatable bonds is 2. The van der Waals surface area contributed by atoms with E-state index in [-0.39, 0.29) is 27.3 Å². The van der Waals surface area contributed by atoms with Gasteiger partial charge in [0, 0.05) is 32.7 Å². The van der Waals surface area contributed by atoms with Crippen molar-refractivity contribution in [3.05, 3.63) is 42.5 Å². The van der Waals surface area contributed by atoms with Gasteiger partial charge in [-0.1, -0.05) is 36.4 Å². The Balaban J connectivity index is 0.00000128. The van der Waals surface area contributed by atoms with E-state index >= 15 is 0 Å². The molecule has 0 aromatic heterocycles. The summed E-state index contributed by atoms with van der Waals surface area (Å²) in [5.74, 6) is 0. The van der Waals surface area contributed by atoms with Gasteiger partial charge in [0.15, 0.2) is 0 Å². The van der Waals surface area contributed by atoms with Gasteiger partial charge in [-0.05, 0) is 11.5 Å². The van der Waals surface area contributed by atoms with Crippen LogP contribution in [0.25, 0.3) is 10.8 Å². The van der Waals surface area contributed by atoms with Crippen LogP contribution in [0.1, 0.15) is 0 Å². The van der Waals surface area contributed by atoms with E-state index in [4.69, 9.17) is 4.55 Å². The summed E-state index contributed by atoms with van der Waals surface area (Å²) in [7, 11) is -4.22. The Morgan fingerprint density at radius 1 is 1.00 bits per heavy atom. The molecule has 0 aliphatic heterocycles. The zero-order valence-electron chi connectivity index (χ0n) is 8.21. The van der Waals surface area contributed by atoms with Crippen LogP contribution in [0.5, 0.6) is 0 Å². The molecule has 0 aliphatic rings. The maximum atomic E-state index is 10.7. The Morgan fingerprint density at radius 2 is 1.62 bits per heavy atom. The van der Waals surface area contributed by atoms with Crippen molar-refractivity contribution >= 4 is 54.1 Å². The molecule has 0 saturated carbocycles. The molecule has 0 unspecified atom stereocenters. The number of hydrogen-bond donors (Lipinski definition) is 2. The SMILES string of the molecule is O=S(=O)(O)Nc1cccc2ccccc12.[Pb]. The molecule has 2 N–H and O–H groups in total. The Labute approximate surface area is 114 Å². The zero-order chi connectivity index (χ0) is 10.9. The normalized spacial score (nSPS) is 10.8. The molecular weight excluding hydrogens is 421 g/mol. The fourth-order valence-electron chi connectivity index (χ4n) is 1.45. The second kappa shape index (κ2) is 5.11. The second-order valence-corrected chi connectivity index (χ2v) is 4.26. The van der Waals surface area contributed by atoms with Crippen LogP contribution in [0.15, 0.2) is 42.5 Å². The van der Waals surface area contributed by atoms with E-state index in [0.717, 1.165) is 10.8 Å². The third-order valence-corrected chi connectivity index (χ3v) is 2.51. The standard InChI is InChI=1S/C10H9NO3S.Pb/c12-15(13,14)11-10-7-3-5-8-4-1-2-6-9(8)10;/h1-7,11H,(H,12,13,14);. The van der Waals surface area contributed by atoms with Gasteiger partial charge in [0.2, 0.25) is 0 Å². The Morgan fingerprint density at radius 3 is 2.31 bits per heavy atom. The molecule has 0 spiro atoms. The monoisotopic (exact) mass is 431 g/mol. The van der Waals surface area contributed by atoms with Crippen LogP contribution in [-0.2, 0) is 10.3 Å². The topological polar surface area (TPSA) is 66.4 Å². The molecule has 0 amide bonds. The predicted molar refractivity (Wildman–Crippen MR) is 64.9 cm³/mol. The number of benzene rings is 2. The first-order valence-corrected chi connectivity index (χ1v) is 5.73. The average Bonchev–Trinajstić information content (AvgIpc) is 2.16. The molecule has 4 nitrogen and oxygen atoms in total. The predicted octanol–water partition coefficient (Wildman–Crippen LogP) is 1.67. The summed E-state index contributed by atoms with van der Waals surface area (Å²) < 4.78 is 32.1. The summed E-state index contributed by atoms with van der Waals surface area (Å²) in [6.45, 7) is 0. The Hall–Kier alpha value is -0.668. The minimum atomic E-state index is -4.22. The molecule has 4 radical (unpaired) electrons. The van der Waals surface area contributed by atoms with Crippen LogP contribution in [-0.4, -0.2) is 40.3 Å². The van der Waals surface area contributed by atoms with Gasteiger partial charge < -0.3 is 0 Å². The molecule has 0 aliphatic carbocycles. The first-order chi connectivity index (χ1) is 7.06. The Bertz CT molecular complexity index is 593. The van der Waals surface area contributed by atoms with E-state index in [1.54, 1.807) is 24.3 Å². The Kier molecular flexibility index (Phi) is 4.28. The van der Waals surface area contributed by atoms with Gasteiger partial charge in [-0.2, -0.15) is 8.42 Å². The van der Waals surface area contributed by atoms with Crippen molar-refractivity contribution in [1.82, 2.24) is 0 Å². The largest absolute Gasteiger partial charge is 0.357 e. The zero-order valence-corrected chi connectivity index (χ0v) is 12.9. The van der Waals surface area contributed by atoms with Crippen LogP contribution >= 0.6 is 0 Å². The van der Waals surface area contributed by atoms with Gasteiger partial charge in [-0.3, -0.25) is 9.27 Å². The third kappa shape index (κ3) is 3.16. The minimum Gasteiger partial charge on any atom is -0.269 e. The van der Waals surface area contributed by atoms with Crippen molar-refractivity contribution in [1.29, 1.82) is 0 Å². The van der Waals surface area contributed by atoms with Gasteiger partial charge >= 0.3 is 10.3 Å². The molecule has 2 rings (SSSR count). The molecule has 16 heavy (non-hydrogen) atoms. The van der Waals surface area contributed by atoms with Gasteiger partial charge in [0.1, 0.15) is 0 Å². The summed E-state index contributed by atoms with van der Waals surface area (Å²) in [5, 5.41) is 1.66. The van der Waals surface area contributed by atoms with Crippen molar-refractivity contribution < 1.29 is 13.0 Å². The maximum absolute atomic E-state index is 10.7. The van der Waals surface area contributed by atoms with Crippen LogP contribution in [0.3, 0.4) is 0 Å². The number of nitrogens with one attached hydrogen (secondary N) is 1. The number of fused-ring (bicyclic) bond motifs is 1. The molecule has 0 fully saturated rings. The maximum Gasteiger partial charge on any atom is 0.357 e.